The number of rotatable bonds is 6. The van der Waals surface area contributed by atoms with Gasteiger partial charge in [0.25, 0.3) is 0 Å². The van der Waals surface area contributed by atoms with Gasteiger partial charge in [-0.2, -0.15) is 0 Å². The van der Waals surface area contributed by atoms with Gasteiger partial charge in [-0.1, -0.05) is 42.0 Å². The molecule has 1 aromatic carbocycles. The average molecular weight is 286 g/mol. The predicted octanol–water partition coefficient (Wildman–Crippen LogP) is 3.07. The molecule has 1 heterocycles. The van der Waals surface area contributed by atoms with Crippen molar-refractivity contribution in [3.05, 3.63) is 41.5 Å². The summed E-state index contributed by atoms with van der Waals surface area (Å²) >= 11 is 0. The van der Waals surface area contributed by atoms with Gasteiger partial charge < -0.3 is 5.73 Å². The number of carbonyl (C=O) groups excluding carboxylic acids is 1. The van der Waals surface area contributed by atoms with Gasteiger partial charge in [-0.3, -0.25) is 9.69 Å². The summed E-state index contributed by atoms with van der Waals surface area (Å²) in [6.45, 7) is 5.46. The monoisotopic (exact) mass is 286 g/mol. The normalized spacial score (nSPS) is 20.4. The number of carbonyl (C=O) groups is 1. The van der Waals surface area contributed by atoms with E-state index in [9.17, 15) is 4.79 Å². The summed E-state index contributed by atoms with van der Waals surface area (Å²) in [6.07, 6.45) is 6.17. The third kappa shape index (κ3) is 5.72. The molecule has 0 aromatic heterocycles. The van der Waals surface area contributed by atoms with Gasteiger partial charge in [0.1, 0.15) is 0 Å². The third-order valence-electron chi connectivity index (χ3n) is 4.09. The first kappa shape index (κ1) is 15.8. The number of hydrogen-bond donors (Lipinski definition) is 1. The first-order chi connectivity index (χ1) is 10.1. The van der Waals surface area contributed by atoms with Crippen molar-refractivity contribution in [2.45, 2.75) is 32.6 Å². The molecule has 1 aliphatic rings. The van der Waals surface area contributed by atoms with E-state index in [1.54, 1.807) is 0 Å². The van der Waals surface area contributed by atoms with E-state index in [2.05, 4.69) is 42.2 Å². The number of benzene rings is 1. The van der Waals surface area contributed by atoms with Crippen molar-refractivity contribution in [2.24, 2.45) is 11.7 Å². The van der Waals surface area contributed by atoms with E-state index in [4.69, 9.17) is 5.73 Å². The Bertz CT molecular complexity index is 481. The summed E-state index contributed by atoms with van der Waals surface area (Å²) in [5.41, 5.74) is 7.90. The Morgan fingerprint density at radius 2 is 2.14 bits per heavy atom. The Hall–Kier alpha value is -1.61. The fourth-order valence-corrected chi connectivity index (χ4v) is 3.11. The third-order valence-corrected chi connectivity index (χ3v) is 4.09. The van der Waals surface area contributed by atoms with Gasteiger partial charge in [0.15, 0.2) is 0 Å². The minimum Gasteiger partial charge on any atom is -0.370 e. The molecule has 1 aromatic rings. The summed E-state index contributed by atoms with van der Waals surface area (Å²) in [5, 5.41) is 0. The maximum atomic E-state index is 10.9. The molecule has 0 saturated carbocycles. The lowest BCUT2D eigenvalue weighted by Gasteiger charge is -2.32. The van der Waals surface area contributed by atoms with Gasteiger partial charge in [0.05, 0.1) is 0 Å². The molecule has 1 aliphatic heterocycles. The van der Waals surface area contributed by atoms with Crippen LogP contribution in [0.4, 0.5) is 0 Å². The number of likely N-dealkylation sites (tertiary alicyclic amines) is 1. The summed E-state index contributed by atoms with van der Waals surface area (Å²) < 4.78 is 0. The molecule has 0 bridgehead atoms. The summed E-state index contributed by atoms with van der Waals surface area (Å²) in [5.74, 6) is 0.447. The summed E-state index contributed by atoms with van der Waals surface area (Å²) in [7, 11) is 0. The van der Waals surface area contributed by atoms with Crippen LogP contribution >= 0.6 is 0 Å². The van der Waals surface area contributed by atoms with Crippen LogP contribution in [0.5, 0.6) is 0 Å². The largest absolute Gasteiger partial charge is 0.370 e. The molecule has 0 radical (unpaired) electrons. The van der Waals surface area contributed by atoms with Gasteiger partial charge in [-0.25, -0.2) is 0 Å². The highest BCUT2D eigenvalue weighted by Crippen LogP contribution is 2.21. The molecule has 2 N–H and O–H groups in total. The Morgan fingerprint density at radius 1 is 1.38 bits per heavy atom. The van der Waals surface area contributed by atoms with Crippen molar-refractivity contribution in [1.29, 1.82) is 0 Å². The quantitative estimate of drug-likeness (QED) is 0.873. The van der Waals surface area contributed by atoms with E-state index in [1.807, 2.05) is 6.07 Å². The van der Waals surface area contributed by atoms with Gasteiger partial charge in [-0.05, 0) is 44.2 Å². The molecule has 1 saturated heterocycles. The molecule has 1 amide bonds. The molecule has 1 unspecified atom stereocenters. The van der Waals surface area contributed by atoms with Crippen LogP contribution < -0.4 is 5.73 Å². The fraction of sp³-hybridized carbons (Fsp3) is 0.500. The molecule has 21 heavy (non-hydrogen) atoms. The smallest absolute Gasteiger partial charge is 0.217 e. The van der Waals surface area contributed by atoms with Crippen LogP contribution in [-0.2, 0) is 4.79 Å². The van der Waals surface area contributed by atoms with Crippen LogP contribution in [0, 0.1) is 5.92 Å². The number of primary amides is 1. The first-order valence-electron chi connectivity index (χ1n) is 7.86. The van der Waals surface area contributed by atoms with Crippen LogP contribution in [0.3, 0.4) is 0 Å². The van der Waals surface area contributed by atoms with Crippen LogP contribution in [0.15, 0.2) is 35.9 Å². The zero-order chi connectivity index (χ0) is 15.1. The van der Waals surface area contributed by atoms with Crippen LogP contribution in [0.1, 0.15) is 38.2 Å². The van der Waals surface area contributed by atoms with E-state index >= 15 is 0 Å². The maximum Gasteiger partial charge on any atom is 0.217 e. The molecule has 2 rings (SSSR count). The van der Waals surface area contributed by atoms with E-state index in [-0.39, 0.29) is 5.91 Å². The lowest BCUT2D eigenvalue weighted by atomic mass is 9.93. The maximum absolute atomic E-state index is 10.9. The van der Waals surface area contributed by atoms with E-state index < -0.39 is 0 Å². The van der Waals surface area contributed by atoms with E-state index in [0.29, 0.717) is 12.3 Å². The Morgan fingerprint density at radius 3 is 2.86 bits per heavy atom. The second-order valence-corrected chi connectivity index (χ2v) is 6.15. The zero-order valence-corrected chi connectivity index (χ0v) is 12.9. The second-order valence-electron chi connectivity index (χ2n) is 6.15. The van der Waals surface area contributed by atoms with Gasteiger partial charge >= 0.3 is 0 Å². The van der Waals surface area contributed by atoms with Crippen molar-refractivity contribution in [3.8, 4) is 0 Å². The van der Waals surface area contributed by atoms with Crippen molar-refractivity contribution in [1.82, 2.24) is 4.90 Å². The molecule has 3 heteroatoms. The van der Waals surface area contributed by atoms with Crippen LogP contribution in [0.25, 0.3) is 6.08 Å². The van der Waals surface area contributed by atoms with Crippen molar-refractivity contribution < 1.29 is 4.79 Å². The van der Waals surface area contributed by atoms with Crippen molar-refractivity contribution in [3.63, 3.8) is 0 Å². The molecule has 1 atom stereocenters. The standard InChI is InChI=1S/C18H26N2O/c1-15(12-16-6-3-2-4-7-16)13-20-11-5-8-17(14-20)9-10-18(19)21/h2-4,6-7,12,17H,5,8-11,13-14H2,1H3,(H2,19,21). The molecule has 1 fully saturated rings. The Kier molecular flexibility index (Phi) is 6.00. The fourth-order valence-electron chi connectivity index (χ4n) is 3.11. The van der Waals surface area contributed by atoms with Crippen molar-refractivity contribution in [2.75, 3.05) is 19.6 Å². The zero-order valence-electron chi connectivity index (χ0n) is 12.9. The lowest BCUT2D eigenvalue weighted by Crippen LogP contribution is -2.36. The lowest BCUT2D eigenvalue weighted by molar-refractivity contribution is -0.118. The summed E-state index contributed by atoms with van der Waals surface area (Å²) in [6, 6.07) is 10.4. The molecular weight excluding hydrogens is 260 g/mol. The van der Waals surface area contributed by atoms with Gasteiger partial charge in [-0.15, -0.1) is 0 Å². The first-order valence-corrected chi connectivity index (χ1v) is 7.86. The molecular formula is C18H26N2O. The highest BCUT2D eigenvalue weighted by molar-refractivity contribution is 5.73. The number of hydrogen-bond acceptors (Lipinski definition) is 2. The second kappa shape index (κ2) is 7.99. The van der Waals surface area contributed by atoms with Crippen LogP contribution in [0.2, 0.25) is 0 Å². The van der Waals surface area contributed by atoms with E-state index in [1.165, 1.54) is 24.0 Å². The topological polar surface area (TPSA) is 46.3 Å². The minimum atomic E-state index is -0.174. The number of piperidine rings is 1. The highest BCUT2D eigenvalue weighted by atomic mass is 16.1. The highest BCUT2D eigenvalue weighted by Gasteiger charge is 2.20. The Balaban J connectivity index is 1.84. The molecule has 3 nitrogen and oxygen atoms in total. The number of amides is 1. The Labute approximate surface area is 127 Å². The van der Waals surface area contributed by atoms with Gasteiger partial charge in [0.2, 0.25) is 5.91 Å². The van der Waals surface area contributed by atoms with E-state index in [0.717, 1.165) is 26.1 Å². The number of nitrogens with zero attached hydrogens (tertiary/aromatic N) is 1. The summed E-state index contributed by atoms with van der Waals surface area (Å²) in [4.78, 5) is 13.4. The SMILES string of the molecule is CC(=Cc1ccccc1)CN1CCCC(CCC(N)=O)C1. The van der Waals surface area contributed by atoms with Gasteiger partial charge in [0, 0.05) is 19.5 Å². The molecule has 114 valence electrons. The average Bonchev–Trinajstić information content (AvgIpc) is 2.46. The molecule has 0 aliphatic carbocycles. The van der Waals surface area contributed by atoms with Crippen LogP contribution in [-0.4, -0.2) is 30.4 Å². The van der Waals surface area contributed by atoms with Crippen molar-refractivity contribution >= 4 is 12.0 Å². The number of nitrogens with two attached hydrogens (primary N) is 1. The molecule has 0 spiro atoms. The predicted molar refractivity (Wildman–Crippen MR) is 87.7 cm³/mol. The minimum absolute atomic E-state index is 0.174.